The quantitative estimate of drug-likeness (QED) is 0.412. The second kappa shape index (κ2) is 9.35. The lowest BCUT2D eigenvalue weighted by Crippen LogP contribution is -2.14. The predicted molar refractivity (Wildman–Crippen MR) is 125 cm³/mol. The summed E-state index contributed by atoms with van der Waals surface area (Å²) < 4.78 is 13.1. The van der Waals surface area contributed by atoms with Gasteiger partial charge in [-0.05, 0) is 49.7 Å². The van der Waals surface area contributed by atoms with Crippen molar-refractivity contribution in [3.8, 4) is 22.1 Å². The fourth-order valence-corrected chi connectivity index (χ4v) is 4.01. The number of nitrogens with zero attached hydrogens (tertiary/aromatic N) is 4. The molecule has 0 saturated heterocycles. The van der Waals surface area contributed by atoms with Crippen molar-refractivity contribution in [3.63, 3.8) is 0 Å². The molecule has 0 fully saturated rings. The van der Waals surface area contributed by atoms with Crippen LogP contribution in [0.1, 0.15) is 43.4 Å². The number of carbonyl (C=O) groups excluding carboxylic acids is 1. The fourth-order valence-electron chi connectivity index (χ4n) is 3.15. The lowest BCUT2D eigenvalue weighted by atomic mass is 10.1. The highest BCUT2D eigenvalue weighted by atomic mass is 32.1. The van der Waals surface area contributed by atoms with Gasteiger partial charge in [-0.15, -0.1) is 10.2 Å². The number of hydrogen-bond acceptors (Lipinski definition) is 7. The minimum Gasteiger partial charge on any atom is -0.495 e. The molecule has 0 aliphatic carbocycles. The van der Waals surface area contributed by atoms with E-state index in [2.05, 4.69) is 27.5 Å². The van der Waals surface area contributed by atoms with E-state index in [1.54, 1.807) is 23.8 Å². The maximum atomic E-state index is 13.0. The minimum absolute atomic E-state index is 0.0767. The number of aryl methyl sites for hydroxylation is 1. The molecule has 1 atom stereocenters. The second-order valence-electron chi connectivity index (χ2n) is 7.31. The van der Waals surface area contributed by atoms with Gasteiger partial charge in [-0.3, -0.25) is 4.79 Å². The summed E-state index contributed by atoms with van der Waals surface area (Å²) in [6.07, 6.45) is 1.71. The zero-order valence-corrected chi connectivity index (χ0v) is 19.3. The van der Waals surface area contributed by atoms with Crippen LogP contribution >= 0.6 is 11.3 Å². The molecular formula is C23H25N5O3S. The summed E-state index contributed by atoms with van der Waals surface area (Å²) in [5, 5.41) is 16.7. The zero-order valence-electron chi connectivity index (χ0n) is 18.5. The van der Waals surface area contributed by atoms with Gasteiger partial charge in [0.05, 0.1) is 18.9 Å². The number of nitrogens with one attached hydrogen (secondary N) is 1. The van der Waals surface area contributed by atoms with Crippen molar-refractivity contribution in [2.75, 3.05) is 12.4 Å². The molecule has 0 aliphatic rings. The first kappa shape index (κ1) is 21.8. The van der Waals surface area contributed by atoms with Gasteiger partial charge in [0.15, 0.2) is 5.82 Å². The SMILES string of the molecule is CCc1nnc2sc(-c3ccc(OC)c(NC(=O)c4cccc(O[C@@H](C)CC)c4)c3)nn12. The Bertz CT molecular complexity index is 1250. The largest absolute Gasteiger partial charge is 0.495 e. The summed E-state index contributed by atoms with van der Waals surface area (Å²) in [5.41, 5.74) is 1.92. The zero-order chi connectivity index (χ0) is 22.7. The molecule has 0 saturated carbocycles. The molecule has 2 aromatic carbocycles. The first-order valence-corrected chi connectivity index (χ1v) is 11.3. The molecule has 4 aromatic rings. The summed E-state index contributed by atoms with van der Waals surface area (Å²) in [7, 11) is 1.57. The standard InChI is InChI=1S/C23H25N5O3S/c1-5-14(3)31-17-9-7-8-15(12-17)21(29)24-18-13-16(10-11-19(18)30-4)22-27-28-20(6-2)25-26-23(28)32-22/h7-14H,5-6H2,1-4H3,(H,24,29)/t14-/m0/s1. The first-order valence-electron chi connectivity index (χ1n) is 10.5. The van der Waals surface area contributed by atoms with E-state index in [-0.39, 0.29) is 12.0 Å². The van der Waals surface area contributed by atoms with Crippen molar-refractivity contribution in [3.05, 3.63) is 53.9 Å². The molecule has 0 unspecified atom stereocenters. The maximum absolute atomic E-state index is 13.0. The maximum Gasteiger partial charge on any atom is 0.255 e. The molecule has 4 rings (SSSR count). The van der Waals surface area contributed by atoms with Crippen LogP contribution in [0.3, 0.4) is 0 Å². The predicted octanol–water partition coefficient (Wildman–Crippen LogP) is 4.85. The topological polar surface area (TPSA) is 90.6 Å². The number of anilines is 1. The van der Waals surface area contributed by atoms with Crippen LogP contribution in [-0.4, -0.2) is 38.9 Å². The van der Waals surface area contributed by atoms with Gasteiger partial charge in [-0.2, -0.15) is 9.61 Å². The van der Waals surface area contributed by atoms with Crippen molar-refractivity contribution in [2.24, 2.45) is 0 Å². The summed E-state index contributed by atoms with van der Waals surface area (Å²) in [6, 6.07) is 12.7. The van der Waals surface area contributed by atoms with Crippen LogP contribution in [0.5, 0.6) is 11.5 Å². The van der Waals surface area contributed by atoms with Crippen LogP contribution < -0.4 is 14.8 Å². The number of methoxy groups -OCH3 is 1. The highest BCUT2D eigenvalue weighted by Crippen LogP contribution is 2.33. The lowest BCUT2D eigenvalue weighted by Gasteiger charge is -2.14. The molecular weight excluding hydrogens is 426 g/mol. The highest BCUT2D eigenvalue weighted by Gasteiger charge is 2.16. The third-order valence-electron chi connectivity index (χ3n) is 5.07. The average molecular weight is 452 g/mol. The van der Waals surface area contributed by atoms with Gasteiger partial charge >= 0.3 is 0 Å². The molecule has 0 aliphatic heterocycles. The van der Waals surface area contributed by atoms with Crippen LogP contribution in [0.4, 0.5) is 5.69 Å². The van der Waals surface area contributed by atoms with Gasteiger partial charge < -0.3 is 14.8 Å². The summed E-state index contributed by atoms with van der Waals surface area (Å²) in [6.45, 7) is 6.07. The summed E-state index contributed by atoms with van der Waals surface area (Å²) in [5.74, 6) is 1.79. The normalized spacial score (nSPS) is 12.0. The van der Waals surface area contributed by atoms with Gasteiger partial charge in [-0.25, -0.2) is 0 Å². The Kier molecular flexibility index (Phi) is 6.36. The lowest BCUT2D eigenvalue weighted by molar-refractivity contribution is 0.102. The van der Waals surface area contributed by atoms with Crippen LogP contribution in [0.2, 0.25) is 0 Å². The fraction of sp³-hybridized carbons (Fsp3) is 0.304. The molecule has 0 bridgehead atoms. The van der Waals surface area contributed by atoms with Crippen LogP contribution in [0.25, 0.3) is 15.5 Å². The molecule has 0 spiro atoms. The van der Waals surface area contributed by atoms with Gasteiger partial charge in [0.25, 0.3) is 5.91 Å². The molecule has 1 amide bonds. The third-order valence-corrected chi connectivity index (χ3v) is 6.02. The summed E-state index contributed by atoms with van der Waals surface area (Å²) in [4.78, 5) is 13.7. The molecule has 0 radical (unpaired) electrons. The number of benzene rings is 2. The molecule has 9 heteroatoms. The Morgan fingerprint density at radius 2 is 2.03 bits per heavy atom. The van der Waals surface area contributed by atoms with E-state index in [1.807, 2.05) is 44.2 Å². The molecule has 2 heterocycles. The Hall–Kier alpha value is -3.46. The van der Waals surface area contributed by atoms with Crippen LogP contribution in [-0.2, 0) is 6.42 Å². The van der Waals surface area contributed by atoms with E-state index < -0.39 is 0 Å². The number of rotatable bonds is 8. The van der Waals surface area contributed by atoms with Crippen LogP contribution in [0.15, 0.2) is 42.5 Å². The van der Waals surface area contributed by atoms with E-state index in [9.17, 15) is 4.79 Å². The number of aromatic nitrogens is 4. The van der Waals surface area contributed by atoms with Crippen molar-refractivity contribution < 1.29 is 14.3 Å². The van der Waals surface area contributed by atoms with Crippen molar-refractivity contribution in [1.29, 1.82) is 0 Å². The van der Waals surface area contributed by atoms with Gasteiger partial charge in [0, 0.05) is 17.5 Å². The molecule has 166 valence electrons. The van der Waals surface area contributed by atoms with E-state index in [4.69, 9.17) is 9.47 Å². The number of ether oxygens (including phenoxy) is 2. The smallest absolute Gasteiger partial charge is 0.255 e. The third kappa shape index (κ3) is 4.43. The number of amides is 1. The van der Waals surface area contributed by atoms with E-state index in [1.165, 1.54) is 11.3 Å². The van der Waals surface area contributed by atoms with E-state index in [0.717, 1.165) is 34.2 Å². The highest BCUT2D eigenvalue weighted by molar-refractivity contribution is 7.19. The van der Waals surface area contributed by atoms with Crippen LogP contribution in [0, 0.1) is 0 Å². The Balaban J connectivity index is 1.61. The Morgan fingerprint density at radius 3 is 2.78 bits per heavy atom. The van der Waals surface area contributed by atoms with Gasteiger partial charge in [0.2, 0.25) is 4.96 Å². The average Bonchev–Trinajstić information content (AvgIpc) is 3.40. The summed E-state index contributed by atoms with van der Waals surface area (Å²) >= 11 is 1.44. The number of fused-ring (bicyclic) bond motifs is 1. The van der Waals surface area contributed by atoms with E-state index in [0.29, 0.717) is 22.7 Å². The molecule has 8 nitrogen and oxygen atoms in total. The Morgan fingerprint density at radius 1 is 1.19 bits per heavy atom. The van der Waals surface area contributed by atoms with E-state index >= 15 is 0 Å². The molecule has 32 heavy (non-hydrogen) atoms. The number of hydrogen-bond donors (Lipinski definition) is 1. The molecule has 1 N–H and O–H groups in total. The van der Waals surface area contributed by atoms with Crippen molar-refractivity contribution >= 4 is 27.9 Å². The van der Waals surface area contributed by atoms with Crippen molar-refractivity contribution in [1.82, 2.24) is 19.8 Å². The van der Waals surface area contributed by atoms with Gasteiger partial charge in [0.1, 0.15) is 16.5 Å². The Labute approximate surface area is 190 Å². The minimum atomic E-state index is -0.249. The monoisotopic (exact) mass is 451 g/mol. The molecule has 2 aromatic heterocycles. The number of carbonyl (C=O) groups is 1. The van der Waals surface area contributed by atoms with Gasteiger partial charge in [-0.1, -0.05) is 31.3 Å². The second-order valence-corrected chi connectivity index (χ2v) is 8.26. The van der Waals surface area contributed by atoms with Crippen molar-refractivity contribution in [2.45, 2.75) is 39.7 Å². The first-order chi connectivity index (χ1) is 15.5.